The van der Waals surface area contributed by atoms with Crippen LogP contribution in [0.1, 0.15) is 11.1 Å². The zero-order valence-electron chi connectivity index (χ0n) is 9.24. The largest absolute Gasteiger partial charge is 0.339 e. The number of benzene rings is 1. The summed E-state index contributed by atoms with van der Waals surface area (Å²) in [6.07, 6.45) is 1.62. The topological polar surface area (TPSA) is 48.7 Å². The third kappa shape index (κ3) is 2.63. The van der Waals surface area contributed by atoms with Crippen LogP contribution >= 0.6 is 15.9 Å². The Morgan fingerprint density at radius 2 is 2.18 bits per heavy atom. The van der Waals surface area contributed by atoms with Gasteiger partial charge in [0.2, 0.25) is 0 Å². The summed E-state index contributed by atoms with van der Waals surface area (Å²) >= 11 is 3.52. The monoisotopic (exact) mass is 287 g/mol. The van der Waals surface area contributed by atoms with Gasteiger partial charge in [-0.2, -0.15) is 5.26 Å². The van der Waals surface area contributed by atoms with Gasteiger partial charge in [-0.3, -0.25) is 0 Å². The number of anilines is 2. The second-order valence-corrected chi connectivity index (χ2v) is 4.40. The lowest BCUT2D eigenvalue weighted by Gasteiger charge is -2.09. The standard InChI is InChI=1S/C13H10BrN3/c1-9-3-2-4-11(13(9)14)17-12-7-10(8-15)5-6-16-12/h2-7H,1H3,(H,16,17). The zero-order chi connectivity index (χ0) is 12.3. The highest BCUT2D eigenvalue weighted by atomic mass is 79.9. The molecule has 0 saturated carbocycles. The van der Waals surface area contributed by atoms with Crippen LogP contribution in [0.5, 0.6) is 0 Å². The molecule has 0 aliphatic carbocycles. The lowest BCUT2D eigenvalue weighted by molar-refractivity contribution is 1.28. The highest BCUT2D eigenvalue weighted by Crippen LogP contribution is 2.28. The molecule has 0 amide bonds. The van der Waals surface area contributed by atoms with Crippen molar-refractivity contribution in [3.8, 4) is 6.07 Å². The molecule has 2 aromatic rings. The van der Waals surface area contributed by atoms with E-state index in [1.54, 1.807) is 18.3 Å². The number of nitrogens with zero attached hydrogens (tertiary/aromatic N) is 2. The Hall–Kier alpha value is -1.86. The lowest BCUT2D eigenvalue weighted by atomic mass is 10.2. The molecule has 84 valence electrons. The van der Waals surface area contributed by atoms with Crippen molar-refractivity contribution in [2.75, 3.05) is 5.32 Å². The molecule has 0 unspecified atom stereocenters. The van der Waals surface area contributed by atoms with Crippen molar-refractivity contribution in [1.82, 2.24) is 4.98 Å². The first-order valence-corrected chi connectivity index (χ1v) is 5.88. The molecule has 17 heavy (non-hydrogen) atoms. The summed E-state index contributed by atoms with van der Waals surface area (Å²) in [5, 5.41) is 12.0. The van der Waals surface area contributed by atoms with Gasteiger partial charge in [0.15, 0.2) is 0 Å². The summed E-state index contributed by atoms with van der Waals surface area (Å²) in [7, 11) is 0. The number of rotatable bonds is 2. The molecule has 1 aromatic heterocycles. The van der Waals surface area contributed by atoms with Crippen LogP contribution in [0.15, 0.2) is 41.0 Å². The van der Waals surface area contributed by atoms with E-state index >= 15 is 0 Å². The molecule has 3 nitrogen and oxygen atoms in total. The smallest absolute Gasteiger partial charge is 0.131 e. The highest BCUT2D eigenvalue weighted by molar-refractivity contribution is 9.10. The third-order valence-corrected chi connectivity index (χ3v) is 3.40. The molecule has 4 heteroatoms. The van der Waals surface area contributed by atoms with Crippen molar-refractivity contribution in [2.24, 2.45) is 0 Å². The van der Waals surface area contributed by atoms with Gasteiger partial charge in [-0.1, -0.05) is 12.1 Å². The van der Waals surface area contributed by atoms with E-state index in [0.29, 0.717) is 11.4 Å². The first-order valence-electron chi connectivity index (χ1n) is 5.09. The van der Waals surface area contributed by atoms with Gasteiger partial charge in [-0.05, 0) is 46.6 Å². The van der Waals surface area contributed by atoms with Gasteiger partial charge in [0.05, 0.1) is 17.3 Å². The molecule has 0 aliphatic rings. The van der Waals surface area contributed by atoms with Crippen LogP contribution < -0.4 is 5.32 Å². The summed E-state index contributed by atoms with van der Waals surface area (Å²) in [4.78, 5) is 4.17. The molecule has 0 radical (unpaired) electrons. The Bertz CT molecular complexity index is 587. The van der Waals surface area contributed by atoms with Gasteiger partial charge in [-0.15, -0.1) is 0 Å². The summed E-state index contributed by atoms with van der Waals surface area (Å²) in [5.41, 5.74) is 2.67. The average Bonchev–Trinajstić information content (AvgIpc) is 2.35. The van der Waals surface area contributed by atoms with E-state index in [1.807, 2.05) is 25.1 Å². The van der Waals surface area contributed by atoms with E-state index in [9.17, 15) is 0 Å². The van der Waals surface area contributed by atoms with Crippen LogP contribution in [0.3, 0.4) is 0 Å². The minimum atomic E-state index is 0.589. The van der Waals surface area contributed by atoms with Crippen molar-refractivity contribution in [2.45, 2.75) is 6.92 Å². The summed E-state index contributed by atoms with van der Waals surface area (Å²) < 4.78 is 1.00. The minimum absolute atomic E-state index is 0.589. The molecule has 0 bridgehead atoms. The van der Waals surface area contributed by atoms with Crippen LogP contribution in [0.25, 0.3) is 0 Å². The van der Waals surface area contributed by atoms with Crippen molar-refractivity contribution in [3.63, 3.8) is 0 Å². The molecular formula is C13H10BrN3. The first-order chi connectivity index (χ1) is 8.20. The molecule has 0 saturated heterocycles. The number of nitrogens with one attached hydrogen (secondary N) is 1. The number of aromatic nitrogens is 1. The van der Waals surface area contributed by atoms with Crippen LogP contribution in [0.4, 0.5) is 11.5 Å². The normalized spacial score (nSPS) is 9.71. The summed E-state index contributed by atoms with van der Waals surface area (Å²) in [6.45, 7) is 2.02. The van der Waals surface area contributed by atoms with Crippen molar-refractivity contribution in [1.29, 1.82) is 5.26 Å². The number of hydrogen-bond acceptors (Lipinski definition) is 3. The Morgan fingerprint density at radius 1 is 1.35 bits per heavy atom. The van der Waals surface area contributed by atoms with E-state index in [0.717, 1.165) is 15.7 Å². The minimum Gasteiger partial charge on any atom is -0.339 e. The Labute approximate surface area is 108 Å². The Kier molecular flexibility index (Phi) is 3.40. The SMILES string of the molecule is Cc1cccc(Nc2cc(C#N)ccn2)c1Br. The van der Waals surface area contributed by atoms with Gasteiger partial charge >= 0.3 is 0 Å². The molecule has 1 aromatic carbocycles. The van der Waals surface area contributed by atoms with E-state index in [4.69, 9.17) is 5.26 Å². The van der Waals surface area contributed by atoms with Crippen molar-refractivity contribution < 1.29 is 0 Å². The van der Waals surface area contributed by atoms with Gasteiger partial charge in [0.25, 0.3) is 0 Å². The lowest BCUT2D eigenvalue weighted by Crippen LogP contribution is -1.95. The van der Waals surface area contributed by atoms with Crippen LogP contribution in [-0.2, 0) is 0 Å². The quantitative estimate of drug-likeness (QED) is 0.915. The van der Waals surface area contributed by atoms with Gasteiger partial charge in [0.1, 0.15) is 5.82 Å². The molecule has 1 N–H and O–H groups in total. The number of nitriles is 1. The van der Waals surface area contributed by atoms with E-state index in [-0.39, 0.29) is 0 Å². The predicted molar refractivity (Wildman–Crippen MR) is 71.1 cm³/mol. The second-order valence-electron chi connectivity index (χ2n) is 3.60. The van der Waals surface area contributed by atoms with Gasteiger partial charge < -0.3 is 5.32 Å². The van der Waals surface area contributed by atoms with Gasteiger partial charge in [-0.25, -0.2) is 4.98 Å². The summed E-state index contributed by atoms with van der Waals surface area (Å²) in [5.74, 6) is 0.662. The molecule has 0 fully saturated rings. The molecule has 0 atom stereocenters. The van der Waals surface area contributed by atoms with Gasteiger partial charge in [0, 0.05) is 10.7 Å². The fourth-order valence-electron chi connectivity index (χ4n) is 1.45. The molecule has 0 spiro atoms. The number of pyridine rings is 1. The Balaban J connectivity index is 2.32. The van der Waals surface area contributed by atoms with Crippen molar-refractivity contribution in [3.05, 3.63) is 52.1 Å². The van der Waals surface area contributed by atoms with E-state index < -0.39 is 0 Å². The summed E-state index contributed by atoms with van der Waals surface area (Å²) in [6, 6.07) is 11.4. The number of hydrogen-bond donors (Lipinski definition) is 1. The van der Waals surface area contributed by atoms with Crippen LogP contribution in [-0.4, -0.2) is 4.98 Å². The number of aryl methyl sites for hydroxylation is 1. The fourth-order valence-corrected chi connectivity index (χ4v) is 1.81. The zero-order valence-corrected chi connectivity index (χ0v) is 10.8. The fraction of sp³-hybridized carbons (Fsp3) is 0.0769. The second kappa shape index (κ2) is 4.98. The maximum Gasteiger partial charge on any atom is 0.131 e. The third-order valence-electron chi connectivity index (χ3n) is 2.34. The van der Waals surface area contributed by atoms with E-state index in [2.05, 4.69) is 32.3 Å². The molecule has 0 aliphatic heterocycles. The Morgan fingerprint density at radius 3 is 2.94 bits per heavy atom. The van der Waals surface area contributed by atoms with Crippen LogP contribution in [0, 0.1) is 18.3 Å². The highest BCUT2D eigenvalue weighted by Gasteiger charge is 2.03. The molecular weight excluding hydrogens is 278 g/mol. The average molecular weight is 288 g/mol. The first kappa shape index (κ1) is 11.6. The number of halogens is 1. The molecule has 1 heterocycles. The van der Waals surface area contributed by atoms with Crippen molar-refractivity contribution >= 4 is 27.4 Å². The van der Waals surface area contributed by atoms with Crippen LogP contribution in [0.2, 0.25) is 0 Å². The van der Waals surface area contributed by atoms with E-state index in [1.165, 1.54) is 0 Å². The predicted octanol–water partition coefficient (Wildman–Crippen LogP) is 3.77. The molecule has 2 rings (SSSR count). The maximum atomic E-state index is 8.81. The maximum absolute atomic E-state index is 8.81.